The number of benzene rings is 2. The molecular weight excluding hydrogens is 292 g/mol. The number of alkyl carbamates (subject to hydrolysis) is 1. The molecule has 1 atom stereocenters. The molecule has 5 nitrogen and oxygen atoms in total. The normalized spacial score (nSPS) is 16.2. The van der Waals surface area contributed by atoms with Gasteiger partial charge in [0.2, 0.25) is 5.91 Å². The molecule has 0 radical (unpaired) electrons. The van der Waals surface area contributed by atoms with Crippen LogP contribution >= 0.6 is 0 Å². The van der Waals surface area contributed by atoms with Crippen LogP contribution in [-0.2, 0) is 16.1 Å². The molecule has 1 aliphatic rings. The minimum Gasteiger partial charge on any atom is -0.445 e. The Balaban J connectivity index is 1.55. The van der Waals surface area contributed by atoms with Gasteiger partial charge in [0.05, 0.1) is 0 Å². The number of amides is 2. The van der Waals surface area contributed by atoms with E-state index < -0.39 is 12.1 Å². The summed E-state index contributed by atoms with van der Waals surface area (Å²) in [5, 5.41) is 5.06. The topological polar surface area (TPSA) is 67.4 Å². The van der Waals surface area contributed by atoms with Crippen LogP contribution in [0.5, 0.6) is 0 Å². The molecule has 1 heterocycles. The zero-order chi connectivity index (χ0) is 16.2. The number of carbonyl (C=O) groups excluding carboxylic acids is 2. The number of carbonyl (C=O) groups is 2. The third-order valence-corrected chi connectivity index (χ3v) is 3.76. The summed E-state index contributed by atoms with van der Waals surface area (Å²) in [6, 6.07) is 15.7. The van der Waals surface area contributed by atoms with Gasteiger partial charge in [-0.05, 0) is 23.6 Å². The summed E-state index contributed by atoms with van der Waals surface area (Å²) in [5.74, 6) is -0.176. The molecule has 2 amide bonds. The van der Waals surface area contributed by atoms with Crippen LogP contribution in [0.25, 0.3) is 11.1 Å². The zero-order valence-corrected chi connectivity index (χ0v) is 12.8. The fourth-order valence-electron chi connectivity index (χ4n) is 2.35. The lowest BCUT2D eigenvalue weighted by atomic mass is 10.0. The van der Waals surface area contributed by atoms with E-state index in [9.17, 15) is 9.59 Å². The summed E-state index contributed by atoms with van der Waals surface area (Å²) in [5.41, 5.74) is 4.39. The molecule has 0 saturated carbocycles. The average molecular weight is 310 g/mol. The van der Waals surface area contributed by atoms with Gasteiger partial charge in [0, 0.05) is 6.54 Å². The second-order valence-electron chi connectivity index (χ2n) is 5.58. The molecule has 0 aromatic heterocycles. The Morgan fingerprint density at radius 3 is 2.61 bits per heavy atom. The van der Waals surface area contributed by atoms with E-state index in [1.165, 1.54) is 5.56 Å². The van der Waals surface area contributed by atoms with Crippen molar-refractivity contribution >= 4 is 12.0 Å². The summed E-state index contributed by atoms with van der Waals surface area (Å²) < 4.78 is 5.12. The largest absolute Gasteiger partial charge is 0.445 e. The molecule has 1 saturated heterocycles. The first-order chi connectivity index (χ1) is 11.1. The van der Waals surface area contributed by atoms with E-state index in [1.54, 1.807) is 0 Å². The minimum absolute atomic E-state index is 0.175. The fraction of sp³-hybridized carbons (Fsp3) is 0.222. The summed E-state index contributed by atoms with van der Waals surface area (Å²) in [6.07, 6.45) is -0.576. The first kappa shape index (κ1) is 15.1. The molecule has 2 aromatic rings. The summed E-state index contributed by atoms with van der Waals surface area (Å²) in [6.45, 7) is 2.69. The molecule has 0 spiro atoms. The number of aryl methyl sites for hydroxylation is 1. The molecule has 1 fully saturated rings. The number of ether oxygens (including phenoxy) is 1. The van der Waals surface area contributed by atoms with Crippen LogP contribution in [0.4, 0.5) is 4.79 Å². The lowest BCUT2D eigenvalue weighted by Gasteiger charge is -2.26. The maximum atomic E-state index is 11.6. The second kappa shape index (κ2) is 6.52. The Morgan fingerprint density at radius 1 is 1.22 bits per heavy atom. The van der Waals surface area contributed by atoms with Crippen LogP contribution in [0.15, 0.2) is 48.5 Å². The molecule has 2 aromatic carbocycles. The van der Waals surface area contributed by atoms with Crippen LogP contribution in [0, 0.1) is 6.92 Å². The Hall–Kier alpha value is -2.82. The highest BCUT2D eigenvalue weighted by Crippen LogP contribution is 2.21. The Labute approximate surface area is 134 Å². The van der Waals surface area contributed by atoms with Crippen LogP contribution in [0.2, 0.25) is 0 Å². The summed E-state index contributed by atoms with van der Waals surface area (Å²) in [4.78, 5) is 22.6. The smallest absolute Gasteiger partial charge is 0.408 e. The van der Waals surface area contributed by atoms with Crippen LogP contribution in [0.3, 0.4) is 0 Å². The summed E-state index contributed by atoms with van der Waals surface area (Å²) >= 11 is 0. The SMILES string of the molecule is Cc1cccc(-c2ccc(COC(=O)NC3CNC3=O)cc2)c1. The quantitative estimate of drug-likeness (QED) is 0.852. The van der Waals surface area contributed by atoms with Gasteiger partial charge in [0.1, 0.15) is 12.6 Å². The molecule has 118 valence electrons. The number of hydrogen-bond donors (Lipinski definition) is 2. The van der Waals surface area contributed by atoms with Crippen molar-refractivity contribution in [3.05, 3.63) is 59.7 Å². The number of nitrogens with one attached hydrogen (secondary N) is 2. The molecular formula is C18H18N2O3. The Kier molecular flexibility index (Phi) is 4.28. The molecule has 3 rings (SSSR count). The van der Waals surface area contributed by atoms with E-state index in [4.69, 9.17) is 4.74 Å². The van der Waals surface area contributed by atoms with E-state index in [0.717, 1.165) is 16.7 Å². The molecule has 23 heavy (non-hydrogen) atoms. The van der Waals surface area contributed by atoms with Crippen molar-refractivity contribution in [2.24, 2.45) is 0 Å². The van der Waals surface area contributed by atoms with Crippen molar-refractivity contribution in [2.75, 3.05) is 6.54 Å². The van der Waals surface area contributed by atoms with Gasteiger partial charge in [-0.2, -0.15) is 0 Å². The van der Waals surface area contributed by atoms with E-state index in [-0.39, 0.29) is 12.5 Å². The highest BCUT2D eigenvalue weighted by atomic mass is 16.5. The lowest BCUT2D eigenvalue weighted by Crippen LogP contribution is -2.61. The third kappa shape index (κ3) is 3.69. The van der Waals surface area contributed by atoms with Crippen molar-refractivity contribution < 1.29 is 14.3 Å². The Morgan fingerprint density at radius 2 is 2.00 bits per heavy atom. The van der Waals surface area contributed by atoms with Crippen molar-refractivity contribution in [3.8, 4) is 11.1 Å². The molecule has 5 heteroatoms. The van der Waals surface area contributed by atoms with Crippen LogP contribution < -0.4 is 10.6 Å². The molecule has 0 aliphatic carbocycles. The van der Waals surface area contributed by atoms with Crippen molar-refractivity contribution in [1.82, 2.24) is 10.6 Å². The third-order valence-electron chi connectivity index (χ3n) is 3.76. The van der Waals surface area contributed by atoms with Gasteiger partial charge in [-0.15, -0.1) is 0 Å². The van der Waals surface area contributed by atoms with Crippen LogP contribution in [-0.4, -0.2) is 24.6 Å². The summed E-state index contributed by atoms with van der Waals surface area (Å²) in [7, 11) is 0. The Bertz CT molecular complexity index is 725. The zero-order valence-electron chi connectivity index (χ0n) is 12.8. The van der Waals surface area contributed by atoms with Crippen LogP contribution in [0.1, 0.15) is 11.1 Å². The highest BCUT2D eigenvalue weighted by molar-refractivity contribution is 5.90. The molecule has 1 aliphatic heterocycles. The standard InChI is InChI=1S/C18H18N2O3/c1-12-3-2-4-15(9-12)14-7-5-13(6-8-14)11-23-18(22)20-16-10-19-17(16)21/h2-9,16H,10-11H2,1H3,(H,19,21)(H,20,22). The number of rotatable bonds is 4. The van der Waals surface area contributed by atoms with Gasteiger partial charge in [-0.3, -0.25) is 4.79 Å². The van der Waals surface area contributed by atoms with E-state index in [0.29, 0.717) is 6.54 Å². The average Bonchev–Trinajstić information content (AvgIpc) is 2.57. The van der Waals surface area contributed by atoms with E-state index >= 15 is 0 Å². The number of β-lactam (4-membered cyclic amide) rings is 1. The number of hydrogen-bond acceptors (Lipinski definition) is 3. The maximum absolute atomic E-state index is 11.6. The first-order valence-electron chi connectivity index (χ1n) is 7.49. The first-order valence-corrected chi connectivity index (χ1v) is 7.49. The maximum Gasteiger partial charge on any atom is 0.408 e. The predicted octanol–water partition coefficient (Wildman–Crippen LogP) is 2.39. The van der Waals surface area contributed by atoms with Gasteiger partial charge in [-0.1, -0.05) is 54.1 Å². The molecule has 1 unspecified atom stereocenters. The minimum atomic E-state index is -0.576. The second-order valence-corrected chi connectivity index (χ2v) is 5.58. The van der Waals surface area contributed by atoms with Gasteiger partial charge in [0.25, 0.3) is 0 Å². The fourth-order valence-corrected chi connectivity index (χ4v) is 2.35. The van der Waals surface area contributed by atoms with E-state index in [2.05, 4.69) is 35.8 Å². The lowest BCUT2D eigenvalue weighted by molar-refractivity contribution is -0.128. The van der Waals surface area contributed by atoms with Crippen molar-refractivity contribution in [2.45, 2.75) is 19.6 Å². The predicted molar refractivity (Wildman–Crippen MR) is 86.7 cm³/mol. The van der Waals surface area contributed by atoms with Gasteiger partial charge >= 0.3 is 6.09 Å². The molecule has 2 N–H and O–H groups in total. The van der Waals surface area contributed by atoms with Crippen molar-refractivity contribution in [1.29, 1.82) is 0 Å². The van der Waals surface area contributed by atoms with Crippen molar-refractivity contribution in [3.63, 3.8) is 0 Å². The van der Waals surface area contributed by atoms with Gasteiger partial charge in [0.15, 0.2) is 0 Å². The van der Waals surface area contributed by atoms with Gasteiger partial charge < -0.3 is 15.4 Å². The molecule has 0 bridgehead atoms. The highest BCUT2D eigenvalue weighted by Gasteiger charge is 2.29. The van der Waals surface area contributed by atoms with E-state index in [1.807, 2.05) is 30.3 Å². The van der Waals surface area contributed by atoms with Gasteiger partial charge in [-0.25, -0.2) is 4.79 Å². The monoisotopic (exact) mass is 310 g/mol.